The number of ether oxygens (including phenoxy) is 1. The van der Waals surface area contributed by atoms with Gasteiger partial charge in [-0.25, -0.2) is 0 Å². The second-order valence-electron chi connectivity index (χ2n) is 5.77. The lowest BCUT2D eigenvalue weighted by Gasteiger charge is -2.07. The second-order valence-corrected chi connectivity index (χ2v) is 6.20. The predicted octanol–water partition coefficient (Wildman–Crippen LogP) is 6.23. The van der Waals surface area contributed by atoms with Crippen molar-refractivity contribution in [1.82, 2.24) is 0 Å². The van der Waals surface area contributed by atoms with Gasteiger partial charge in [-0.05, 0) is 59.5 Å². The van der Waals surface area contributed by atoms with Crippen LogP contribution in [-0.2, 0) is 13.0 Å². The molecule has 3 heteroatoms. The molecule has 0 amide bonds. The van der Waals surface area contributed by atoms with Crippen molar-refractivity contribution >= 4 is 23.5 Å². The molecule has 0 aliphatic carbocycles. The van der Waals surface area contributed by atoms with E-state index in [4.69, 9.17) is 16.3 Å². The van der Waals surface area contributed by atoms with Gasteiger partial charge < -0.3 is 4.74 Å². The summed E-state index contributed by atoms with van der Waals surface area (Å²) < 4.78 is 5.85. The number of aryl methyl sites for hydroxylation is 1. The molecule has 0 fully saturated rings. The Kier molecular flexibility index (Phi) is 5.86. The van der Waals surface area contributed by atoms with Crippen molar-refractivity contribution in [3.8, 4) is 5.75 Å². The molecule has 25 heavy (non-hydrogen) atoms. The molecule has 0 bridgehead atoms. The van der Waals surface area contributed by atoms with Crippen LogP contribution in [0.25, 0.3) is 0 Å². The first-order valence-electron chi connectivity index (χ1n) is 8.33. The monoisotopic (exact) mass is 349 g/mol. The molecule has 0 aliphatic heterocycles. The molecule has 2 nitrogen and oxygen atoms in total. The largest absolute Gasteiger partial charge is 0.489 e. The van der Waals surface area contributed by atoms with E-state index in [1.54, 1.807) is 0 Å². The molecule has 3 aromatic carbocycles. The second kappa shape index (κ2) is 8.50. The predicted molar refractivity (Wildman–Crippen MR) is 105 cm³/mol. The molecule has 0 aromatic heterocycles. The van der Waals surface area contributed by atoms with Crippen LogP contribution in [0, 0.1) is 0 Å². The Morgan fingerprint density at radius 2 is 1.64 bits per heavy atom. The summed E-state index contributed by atoms with van der Waals surface area (Å²) in [6, 6.07) is 23.9. The SMILES string of the molecule is CCc1ccc(N=Cc2cccc(OCc3ccc(Cl)cc3)c2)cc1. The molecule has 0 atom stereocenters. The molecule has 0 saturated heterocycles. The van der Waals surface area contributed by atoms with Crippen LogP contribution >= 0.6 is 11.6 Å². The highest BCUT2D eigenvalue weighted by atomic mass is 35.5. The summed E-state index contributed by atoms with van der Waals surface area (Å²) in [4.78, 5) is 4.53. The fourth-order valence-electron chi connectivity index (χ4n) is 2.40. The van der Waals surface area contributed by atoms with Crippen LogP contribution < -0.4 is 4.74 Å². The fraction of sp³-hybridized carbons (Fsp3) is 0.136. The van der Waals surface area contributed by atoms with Gasteiger partial charge >= 0.3 is 0 Å². The molecule has 0 radical (unpaired) electrons. The lowest BCUT2D eigenvalue weighted by Crippen LogP contribution is -1.95. The van der Waals surface area contributed by atoms with E-state index in [0.717, 1.165) is 34.0 Å². The maximum absolute atomic E-state index is 5.90. The molecule has 126 valence electrons. The van der Waals surface area contributed by atoms with E-state index in [1.807, 2.05) is 66.9 Å². The van der Waals surface area contributed by atoms with E-state index in [1.165, 1.54) is 5.56 Å². The van der Waals surface area contributed by atoms with E-state index < -0.39 is 0 Å². The van der Waals surface area contributed by atoms with Crippen molar-refractivity contribution in [1.29, 1.82) is 0 Å². The summed E-state index contributed by atoms with van der Waals surface area (Å²) >= 11 is 5.90. The topological polar surface area (TPSA) is 21.6 Å². The highest BCUT2D eigenvalue weighted by Crippen LogP contribution is 2.17. The third-order valence-corrected chi connectivity index (χ3v) is 4.14. The third-order valence-electron chi connectivity index (χ3n) is 3.88. The Hall–Kier alpha value is -2.58. The van der Waals surface area contributed by atoms with Crippen LogP contribution in [0.2, 0.25) is 5.02 Å². The standard InChI is InChI=1S/C22H20ClNO/c1-2-17-8-12-21(13-9-17)24-15-19-4-3-5-22(14-19)25-16-18-6-10-20(23)11-7-18/h3-15H,2,16H2,1H3. The quantitative estimate of drug-likeness (QED) is 0.483. The van der Waals surface area contributed by atoms with Crippen LogP contribution in [0.1, 0.15) is 23.6 Å². The van der Waals surface area contributed by atoms with Crippen molar-refractivity contribution in [2.24, 2.45) is 4.99 Å². The van der Waals surface area contributed by atoms with Gasteiger partial charge in [-0.3, -0.25) is 4.99 Å². The lowest BCUT2D eigenvalue weighted by atomic mass is 10.1. The molecular formula is C22H20ClNO. The van der Waals surface area contributed by atoms with Gasteiger partial charge in [-0.2, -0.15) is 0 Å². The molecule has 0 N–H and O–H groups in total. The van der Waals surface area contributed by atoms with E-state index in [2.05, 4.69) is 24.0 Å². The number of nitrogens with zero attached hydrogens (tertiary/aromatic N) is 1. The first-order valence-corrected chi connectivity index (χ1v) is 8.71. The van der Waals surface area contributed by atoms with E-state index >= 15 is 0 Å². The third kappa shape index (κ3) is 5.20. The van der Waals surface area contributed by atoms with Gasteiger partial charge in [0.25, 0.3) is 0 Å². The lowest BCUT2D eigenvalue weighted by molar-refractivity contribution is 0.306. The number of aliphatic imine (C=N–C) groups is 1. The summed E-state index contributed by atoms with van der Waals surface area (Å²) in [5.74, 6) is 0.820. The van der Waals surface area contributed by atoms with Crippen molar-refractivity contribution in [2.75, 3.05) is 0 Å². The molecule has 3 rings (SSSR count). The summed E-state index contributed by atoms with van der Waals surface area (Å²) in [6.07, 6.45) is 2.90. The number of halogens is 1. The highest BCUT2D eigenvalue weighted by molar-refractivity contribution is 6.30. The van der Waals surface area contributed by atoms with Crippen LogP contribution in [0.3, 0.4) is 0 Å². The minimum Gasteiger partial charge on any atom is -0.489 e. The molecular weight excluding hydrogens is 330 g/mol. The van der Waals surface area contributed by atoms with Crippen molar-refractivity contribution < 1.29 is 4.74 Å². The Labute approximate surface area is 153 Å². The highest BCUT2D eigenvalue weighted by Gasteiger charge is 1.98. The minimum absolute atomic E-state index is 0.510. The molecule has 0 unspecified atom stereocenters. The van der Waals surface area contributed by atoms with E-state index in [9.17, 15) is 0 Å². The van der Waals surface area contributed by atoms with Gasteiger partial charge in [0.2, 0.25) is 0 Å². The van der Waals surface area contributed by atoms with Crippen LogP contribution in [0.15, 0.2) is 77.8 Å². The van der Waals surface area contributed by atoms with E-state index in [-0.39, 0.29) is 0 Å². The summed E-state index contributed by atoms with van der Waals surface area (Å²) in [5, 5.41) is 0.730. The number of hydrogen-bond acceptors (Lipinski definition) is 2. The van der Waals surface area contributed by atoms with Gasteiger partial charge in [-0.1, -0.05) is 54.9 Å². The summed E-state index contributed by atoms with van der Waals surface area (Å²) in [5.41, 5.74) is 4.36. The Morgan fingerprint density at radius 1 is 0.920 bits per heavy atom. The van der Waals surface area contributed by atoms with Crippen LogP contribution in [-0.4, -0.2) is 6.21 Å². The zero-order chi connectivity index (χ0) is 17.5. The van der Waals surface area contributed by atoms with Crippen molar-refractivity contribution in [2.45, 2.75) is 20.0 Å². The zero-order valence-corrected chi connectivity index (χ0v) is 14.9. The van der Waals surface area contributed by atoms with E-state index in [0.29, 0.717) is 6.61 Å². The van der Waals surface area contributed by atoms with Gasteiger partial charge in [0.15, 0.2) is 0 Å². The average molecular weight is 350 g/mol. The van der Waals surface area contributed by atoms with Crippen molar-refractivity contribution in [3.63, 3.8) is 0 Å². The molecule has 0 spiro atoms. The van der Waals surface area contributed by atoms with Crippen molar-refractivity contribution in [3.05, 3.63) is 94.5 Å². The maximum Gasteiger partial charge on any atom is 0.120 e. The van der Waals surface area contributed by atoms with Crippen LogP contribution in [0.5, 0.6) is 5.75 Å². The zero-order valence-electron chi connectivity index (χ0n) is 14.2. The van der Waals surface area contributed by atoms with Gasteiger partial charge in [0.05, 0.1) is 5.69 Å². The van der Waals surface area contributed by atoms with Gasteiger partial charge in [0, 0.05) is 11.2 Å². The summed E-state index contributed by atoms with van der Waals surface area (Å²) in [7, 11) is 0. The number of hydrogen-bond donors (Lipinski definition) is 0. The molecule has 0 saturated carbocycles. The smallest absolute Gasteiger partial charge is 0.120 e. The summed E-state index contributed by atoms with van der Waals surface area (Å²) in [6.45, 7) is 2.66. The first-order chi connectivity index (χ1) is 12.2. The molecule has 3 aromatic rings. The maximum atomic E-state index is 5.90. The Morgan fingerprint density at radius 3 is 2.36 bits per heavy atom. The Balaban J connectivity index is 1.64. The van der Waals surface area contributed by atoms with Gasteiger partial charge in [-0.15, -0.1) is 0 Å². The Bertz CT molecular complexity index is 839. The molecule has 0 aliphatic rings. The first kappa shape index (κ1) is 17.2. The minimum atomic E-state index is 0.510. The average Bonchev–Trinajstić information content (AvgIpc) is 2.67. The normalized spacial score (nSPS) is 11.0. The van der Waals surface area contributed by atoms with Gasteiger partial charge in [0.1, 0.15) is 12.4 Å². The number of benzene rings is 3. The fourth-order valence-corrected chi connectivity index (χ4v) is 2.52. The van der Waals surface area contributed by atoms with Crippen LogP contribution in [0.4, 0.5) is 5.69 Å². The molecule has 0 heterocycles. The number of rotatable bonds is 6.